The smallest absolute Gasteiger partial charge is 0.204 e. The van der Waals surface area contributed by atoms with Gasteiger partial charge in [0.1, 0.15) is 0 Å². The largest absolute Gasteiger partial charge is 0.493 e. The minimum Gasteiger partial charge on any atom is -0.493 e. The Morgan fingerprint density at radius 1 is 0.821 bits per heavy atom. The molecule has 0 spiro atoms. The van der Waals surface area contributed by atoms with Gasteiger partial charge in [-0.3, -0.25) is 4.90 Å². The van der Waals surface area contributed by atoms with E-state index >= 15 is 0 Å². The van der Waals surface area contributed by atoms with Crippen molar-refractivity contribution in [2.45, 2.75) is 18.9 Å². The van der Waals surface area contributed by atoms with Crippen molar-refractivity contribution in [2.24, 2.45) is 0 Å². The third-order valence-corrected chi connectivity index (χ3v) is 5.99. The second-order valence-corrected chi connectivity index (χ2v) is 7.18. The highest BCUT2D eigenvalue weighted by atomic mass is 16.5. The van der Waals surface area contributed by atoms with E-state index in [2.05, 4.69) is 18.0 Å². The van der Waals surface area contributed by atoms with E-state index < -0.39 is 0 Å². The van der Waals surface area contributed by atoms with Gasteiger partial charge in [-0.15, -0.1) is 0 Å². The summed E-state index contributed by atoms with van der Waals surface area (Å²) in [5, 5.41) is 0. The molecule has 6 heteroatoms. The molecule has 1 aliphatic heterocycles. The number of hydrogen-bond donors (Lipinski definition) is 0. The van der Waals surface area contributed by atoms with Gasteiger partial charge < -0.3 is 23.7 Å². The zero-order valence-electron chi connectivity index (χ0n) is 17.3. The molecule has 1 atom stereocenters. The minimum absolute atomic E-state index is 0.248. The topological polar surface area (TPSA) is 49.4 Å². The van der Waals surface area contributed by atoms with Crippen molar-refractivity contribution in [3.63, 3.8) is 0 Å². The summed E-state index contributed by atoms with van der Waals surface area (Å²) < 4.78 is 28.5. The van der Waals surface area contributed by atoms with E-state index in [1.165, 1.54) is 16.7 Å². The number of methoxy groups -OCH3 is 5. The number of likely N-dealkylation sites (N-methyl/N-ethyl adjacent to an activating group) is 1. The Balaban J connectivity index is 2.11. The van der Waals surface area contributed by atoms with E-state index in [1.54, 1.807) is 35.5 Å². The molecule has 4 rings (SSSR count). The number of hydrogen-bond acceptors (Lipinski definition) is 6. The monoisotopic (exact) mass is 385 g/mol. The second kappa shape index (κ2) is 7.09. The standard InChI is InChI=1S/C22H27NO5/c1-23-8-7-13-18-15(23)9-12-10-16(24-2)17(25-3)11-14(12)19(18)21(27-5)22(28-6)20(13)26-4/h10-11,15H,7-9H2,1-6H3. The van der Waals surface area contributed by atoms with Gasteiger partial charge in [-0.1, -0.05) is 0 Å². The Morgan fingerprint density at radius 2 is 1.46 bits per heavy atom. The van der Waals surface area contributed by atoms with Gasteiger partial charge in [-0.25, -0.2) is 0 Å². The fourth-order valence-electron chi connectivity index (χ4n) is 4.68. The maximum atomic E-state index is 5.88. The van der Waals surface area contributed by atoms with Gasteiger partial charge in [0.05, 0.1) is 35.5 Å². The molecule has 0 radical (unpaired) electrons. The summed E-state index contributed by atoms with van der Waals surface area (Å²) >= 11 is 0. The van der Waals surface area contributed by atoms with Crippen LogP contribution in [-0.2, 0) is 12.8 Å². The lowest BCUT2D eigenvalue weighted by Gasteiger charge is -2.41. The fourth-order valence-corrected chi connectivity index (χ4v) is 4.68. The Bertz CT molecular complexity index is 924. The summed E-state index contributed by atoms with van der Waals surface area (Å²) in [4.78, 5) is 2.40. The fraction of sp³-hybridized carbons (Fsp3) is 0.455. The first-order chi connectivity index (χ1) is 13.6. The summed E-state index contributed by atoms with van der Waals surface area (Å²) in [7, 11) is 10.5. The molecule has 1 unspecified atom stereocenters. The molecule has 2 aromatic carbocycles. The Hall–Kier alpha value is -2.60. The van der Waals surface area contributed by atoms with Gasteiger partial charge in [-0.2, -0.15) is 0 Å². The molecule has 0 fully saturated rings. The molecule has 150 valence electrons. The third kappa shape index (κ3) is 2.51. The highest BCUT2D eigenvalue weighted by molar-refractivity contribution is 5.87. The first kappa shape index (κ1) is 18.7. The molecule has 1 heterocycles. The quantitative estimate of drug-likeness (QED) is 0.785. The van der Waals surface area contributed by atoms with Gasteiger partial charge in [0.25, 0.3) is 0 Å². The lowest BCUT2D eigenvalue weighted by molar-refractivity contribution is 0.222. The van der Waals surface area contributed by atoms with Crippen LogP contribution in [0.5, 0.6) is 28.7 Å². The van der Waals surface area contributed by atoms with Crippen LogP contribution >= 0.6 is 0 Å². The van der Waals surface area contributed by atoms with Crippen molar-refractivity contribution >= 4 is 0 Å². The van der Waals surface area contributed by atoms with E-state index in [9.17, 15) is 0 Å². The molecule has 0 N–H and O–H groups in total. The number of rotatable bonds is 5. The van der Waals surface area contributed by atoms with Crippen molar-refractivity contribution in [2.75, 3.05) is 49.1 Å². The van der Waals surface area contributed by atoms with Crippen LogP contribution in [0.1, 0.15) is 22.7 Å². The summed E-state index contributed by atoms with van der Waals surface area (Å²) in [6, 6.07) is 4.37. The molecular formula is C22H27NO5. The molecular weight excluding hydrogens is 358 g/mol. The predicted molar refractivity (Wildman–Crippen MR) is 107 cm³/mol. The second-order valence-electron chi connectivity index (χ2n) is 7.18. The Labute approximate surface area is 165 Å². The Morgan fingerprint density at radius 3 is 2.07 bits per heavy atom. The van der Waals surface area contributed by atoms with E-state index in [1.807, 2.05) is 6.07 Å². The number of fused-ring (bicyclic) bond motifs is 2. The van der Waals surface area contributed by atoms with Crippen LogP contribution in [0.25, 0.3) is 11.1 Å². The van der Waals surface area contributed by atoms with Crippen LogP contribution < -0.4 is 23.7 Å². The maximum Gasteiger partial charge on any atom is 0.204 e. The minimum atomic E-state index is 0.248. The number of ether oxygens (including phenoxy) is 5. The SMILES string of the molecule is COc1cc2c(cc1OC)-c1c(OC)c(OC)c(OC)c3c1C(C2)N(C)CC3. The lowest BCUT2D eigenvalue weighted by atomic mass is 9.76. The highest BCUT2D eigenvalue weighted by Crippen LogP contribution is 2.57. The molecule has 28 heavy (non-hydrogen) atoms. The Kier molecular flexibility index (Phi) is 4.75. The van der Waals surface area contributed by atoms with Gasteiger partial charge >= 0.3 is 0 Å². The van der Waals surface area contributed by atoms with Crippen molar-refractivity contribution in [1.82, 2.24) is 4.90 Å². The van der Waals surface area contributed by atoms with E-state index in [4.69, 9.17) is 23.7 Å². The van der Waals surface area contributed by atoms with Crippen LogP contribution in [0.2, 0.25) is 0 Å². The first-order valence-corrected chi connectivity index (χ1v) is 9.39. The van der Waals surface area contributed by atoms with Gasteiger partial charge in [0, 0.05) is 23.7 Å². The first-order valence-electron chi connectivity index (χ1n) is 9.39. The van der Waals surface area contributed by atoms with Gasteiger partial charge in [-0.05, 0) is 48.7 Å². The molecule has 0 aromatic heterocycles. The molecule has 2 aliphatic rings. The molecule has 0 bridgehead atoms. The average Bonchev–Trinajstić information content (AvgIpc) is 2.73. The molecule has 6 nitrogen and oxygen atoms in total. The molecule has 2 aromatic rings. The van der Waals surface area contributed by atoms with E-state index in [0.29, 0.717) is 17.2 Å². The van der Waals surface area contributed by atoms with Gasteiger partial charge in [0.2, 0.25) is 5.75 Å². The normalized spacial score (nSPS) is 17.4. The zero-order valence-corrected chi connectivity index (χ0v) is 17.3. The van der Waals surface area contributed by atoms with Gasteiger partial charge in [0.15, 0.2) is 23.0 Å². The highest BCUT2D eigenvalue weighted by Gasteiger charge is 2.39. The van der Waals surface area contributed by atoms with Crippen LogP contribution in [-0.4, -0.2) is 54.0 Å². The summed E-state index contributed by atoms with van der Waals surface area (Å²) in [5.74, 6) is 3.56. The van der Waals surface area contributed by atoms with Crippen LogP contribution in [0.15, 0.2) is 12.1 Å². The summed E-state index contributed by atoms with van der Waals surface area (Å²) in [6.45, 7) is 0.964. The zero-order chi connectivity index (χ0) is 20.0. The third-order valence-electron chi connectivity index (χ3n) is 5.99. The lowest BCUT2D eigenvalue weighted by Crippen LogP contribution is -2.36. The summed E-state index contributed by atoms with van der Waals surface area (Å²) in [6.07, 6.45) is 1.80. The summed E-state index contributed by atoms with van der Waals surface area (Å²) in [5.41, 5.74) is 5.84. The molecule has 0 amide bonds. The van der Waals surface area contributed by atoms with Crippen LogP contribution in [0.3, 0.4) is 0 Å². The number of benzene rings is 2. The van der Waals surface area contributed by atoms with Crippen LogP contribution in [0, 0.1) is 0 Å². The van der Waals surface area contributed by atoms with Crippen LogP contribution in [0.4, 0.5) is 0 Å². The van der Waals surface area contributed by atoms with Crippen molar-refractivity contribution in [3.8, 4) is 39.9 Å². The van der Waals surface area contributed by atoms with Crippen molar-refractivity contribution in [1.29, 1.82) is 0 Å². The average molecular weight is 385 g/mol. The van der Waals surface area contributed by atoms with Crippen molar-refractivity contribution < 1.29 is 23.7 Å². The van der Waals surface area contributed by atoms with E-state index in [-0.39, 0.29) is 6.04 Å². The van der Waals surface area contributed by atoms with Crippen molar-refractivity contribution in [3.05, 3.63) is 28.8 Å². The molecule has 1 aliphatic carbocycles. The van der Waals surface area contributed by atoms with E-state index in [0.717, 1.165) is 42.0 Å². The molecule has 0 saturated heterocycles. The molecule has 0 saturated carbocycles. The predicted octanol–water partition coefficient (Wildman–Crippen LogP) is 3.48. The maximum absolute atomic E-state index is 5.88. The number of nitrogens with zero attached hydrogens (tertiary/aromatic N) is 1.